The molecule has 1 N–H and O–H groups in total. The van der Waals surface area contributed by atoms with Crippen LogP contribution in [0.15, 0.2) is 36.4 Å². The summed E-state index contributed by atoms with van der Waals surface area (Å²) in [6, 6.07) is 5.37. The molecule has 1 heterocycles. The first-order valence-corrected chi connectivity index (χ1v) is 7.26. The molecule has 2 aromatic carbocycles. The minimum absolute atomic E-state index is 0.0342. The third-order valence-electron chi connectivity index (χ3n) is 4.13. The molecule has 1 saturated heterocycles. The Morgan fingerprint density at radius 2 is 1.72 bits per heavy atom. The monoisotopic (exact) mass is 352 g/mol. The van der Waals surface area contributed by atoms with Gasteiger partial charge in [-0.3, -0.25) is 9.69 Å². The average Bonchev–Trinajstić information content (AvgIpc) is 2.78. The SMILES string of the molecule is C[C@]1(c2ccc(F)c(F)c2)NC(=O)N(Cc2cccc(F)c2F)C1=O. The van der Waals surface area contributed by atoms with E-state index in [0.717, 1.165) is 18.2 Å². The molecule has 0 aliphatic carbocycles. The van der Waals surface area contributed by atoms with Crippen molar-refractivity contribution < 1.29 is 27.2 Å². The molecule has 3 amide bonds. The Balaban J connectivity index is 1.94. The Hall–Kier alpha value is -2.90. The van der Waals surface area contributed by atoms with E-state index >= 15 is 0 Å². The molecular formula is C17H12F4N2O2. The molecule has 0 unspecified atom stereocenters. The zero-order valence-electron chi connectivity index (χ0n) is 12.9. The largest absolute Gasteiger partial charge is 0.325 e. The quantitative estimate of drug-likeness (QED) is 0.681. The van der Waals surface area contributed by atoms with Gasteiger partial charge in [0.15, 0.2) is 23.3 Å². The van der Waals surface area contributed by atoms with Crippen LogP contribution < -0.4 is 5.32 Å². The highest BCUT2D eigenvalue weighted by atomic mass is 19.2. The number of imide groups is 1. The summed E-state index contributed by atoms with van der Waals surface area (Å²) in [5, 5.41) is 2.38. The van der Waals surface area contributed by atoms with Gasteiger partial charge in [0, 0.05) is 5.56 Å². The fourth-order valence-electron chi connectivity index (χ4n) is 2.68. The van der Waals surface area contributed by atoms with Gasteiger partial charge >= 0.3 is 6.03 Å². The lowest BCUT2D eigenvalue weighted by Gasteiger charge is -2.22. The highest BCUT2D eigenvalue weighted by molar-refractivity contribution is 6.07. The van der Waals surface area contributed by atoms with Gasteiger partial charge in [0.25, 0.3) is 5.91 Å². The van der Waals surface area contributed by atoms with Gasteiger partial charge in [-0.05, 0) is 30.7 Å². The van der Waals surface area contributed by atoms with Crippen molar-refractivity contribution >= 4 is 11.9 Å². The lowest BCUT2D eigenvalue weighted by molar-refractivity contribution is -0.131. The zero-order valence-corrected chi connectivity index (χ0v) is 12.9. The molecule has 25 heavy (non-hydrogen) atoms. The number of benzene rings is 2. The second-order valence-corrected chi connectivity index (χ2v) is 5.79. The minimum atomic E-state index is -1.64. The molecule has 3 rings (SSSR count). The smallest absolute Gasteiger partial charge is 0.319 e. The first-order valence-electron chi connectivity index (χ1n) is 7.26. The Bertz CT molecular complexity index is 887. The minimum Gasteiger partial charge on any atom is -0.319 e. The van der Waals surface area contributed by atoms with Gasteiger partial charge in [-0.2, -0.15) is 0 Å². The summed E-state index contributed by atoms with van der Waals surface area (Å²) < 4.78 is 53.6. The number of nitrogens with one attached hydrogen (secondary N) is 1. The number of carbonyl (C=O) groups is 2. The van der Waals surface area contributed by atoms with E-state index in [9.17, 15) is 27.2 Å². The molecule has 0 spiro atoms. The van der Waals surface area contributed by atoms with Gasteiger partial charge < -0.3 is 5.32 Å². The molecule has 1 aliphatic heterocycles. The maximum Gasteiger partial charge on any atom is 0.325 e. The molecule has 130 valence electrons. The molecule has 1 aliphatic rings. The maximum atomic E-state index is 13.8. The van der Waals surface area contributed by atoms with Crippen molar-refractivity contribution in [2.45, 2.75) is 19.0 Å². The molecule has 2 aromatic rings. The normalized spacial score (nSPS) is 20.1. The van der Waals surface area contributed by atoms with E-state index in [0.29, 0.717) is 4.90 Å². The number of amides is 3. The van der Waals surface area contributed by atoms with E-state index < -0.39 is 47.3 Å². The lowest BCUT2D eigenvalue weighted by atomic mass is 9.92. The van der Waals surface area contributed by atoms with Crippen LogP contribution >= 0.6 is 0 Å². The first-order chi connectivity index (χ1) is 11.7. The Morgan fingerprint density at radius 1 is 1.00 bits per heavy atom. The summed E-state index contributed by atoms with van der Waals surface area (Å²) in [5.41, 5.74) is -1.79. The van der Waals surface area contributed by atoms with E-state index in [1.807, 2.05) is 0 Å². The second-order valence-electron chi connectivity index (χ2n) is 5.79. The van der Waals surface area contributed by atoms with E-state index in [-0.39, 0.29) is 11.1 Å². The van der Waals surface area contributed by atoms with Crippen LogP contribution in [-0.2, 0) is 16.9 Å². The Labute approximate surface area is 140 Å². The summed E-state index contributed by atoms with van der Waals surface area (Å²) in [6.45, 7) is 0.829. The maximum absolute atomic E-state index is 13.8. The van der Waals surface area contributed by atoms with Crippen LogP contribution in [0.5, 0.6) is 0 Å². The predicted octanol–water partition coefficient (Wildman–Crippen LogP) is 3.21. The van der Waals surface area contributed by atoms with Crippen LogP contribution in [0.25, 0.3) is 0 Å². The Morgan fingerprint density at radius 3 is 2.40 bits per heavy atom. The van der Waals surface area contributed by atoms with Crippen molar-refractivity contribution in [3.8, 4) is 0 Å². The highest BCUT2D eigenvalue weighted by Gasteiger charge is 2.49. The number of hydrogen-bond donors (Lipinski definition) is 1. The number of carbonyl (C=O) groups excluding carboxylic acids is 2. The molecule has 0 radical (unpaired) electrons. The van der Waals surface area contributed by atoms with E-state index in [1.165, 1.54) is 25.1 Å². The highest BCUT2D eigenvalue weighted by Crippen LogP contribution is 2.31. The van der Waals surface area contributed by atoms with E-state index in [2.05, 4.69) is 5.32 Å². The summed E-state index contributed by atoms with van der Waals surface area (Å²) in [7, 11) is 0. The standard InChI is InChI=1S/C17H12F4N2O2/c1-17(10-5-6-11(18)13(20)7-10)15(24)23(16(25)22-17)8-9-3-2-4-12(19)14(9)21/h2-7H,8H2,1H3,(H,22,25)/t17-/m1/s1. The number of nitrogens with zero attached hydrogens (tertiary/aromatic N) is 1. The number of rotatable bonds is 3. The molecular weight excluding hydrogens is 340 g/mol. The fraction of sp³-hybridized carbons (Fsp3) is 0.176. The van der Waals surface area contributed by atoms with Crippen LogP contribution in [-0.4, -0.2) is 16.8 Å². The molecule has 8 heteroatoms. The second kappa shape index (κ2) is 5.87. The summed E-state index contributed by atoms with van der Waals surface area (Å²) >= 11 is 0. The van der Waals surface area contributed by atoms with E-state index in [1.54, 1.807) is 0 Å². The van der Waals surface area contributed by atoms with Crippen molar-refractivity contribution in [1.29, 1.82) is 0 Å². The van der Waals surface area contributed by atoms with Crippen molar-refractivity contribution in [2.75, 3.05) is 0 Å². The third-order valence-corrected chi connectivity index (χ3v) is 4.13. The first kappa shape index (κ1) is 16.9. The average molecular weight is 352 g/mol. The fourth-order valence-corrected chi connectivity index (χ4v) is 2.68. The van der Waals surface area contributed by atoms with Crippen LogP contribution in [0.3, 0.4) is 0 Å². The van der Waals surface area contributed by atoms with Crippen LogP contribution in [0, 0.1) is 23.3 Å². The van der Waals surface area contributed by atoms with Gasteiger partial charge in [-0.25, -0.2) is 22.4 Å². The molecule has 1 fully saturated rings. The van der Waals surface area contributed by atoms with Crippen molar-refractivity contribution in [3.63, 3.8) is 0 Å². The topological polar surface area (TPSA) is 49.4 Å². The molecule has 0 aromatic heterocycles. The summed E-state index contributed by atoms with van der Waals surface area (Å²) in [6.07, 6.45) is 0. The summed E-state index contributed by atoms with van der Waals surface area (Å²) in [5.74, 6) is -5.32. The van der Waals surface area contributed by atoms with Gasteiger partial charge in [0.2, 0.25) is 0 Å². The number of urea groups is 1. The zero-order chi connectivity index (χ0) is 18.4. The molecule has 0 bridgehead atoms. The third kappa shape index (κ3) is 2.73. The Kier molecular flexibility index (Phi) is 3.98. The number of halogens is 4. The van der Waals surface area contributed by atoms with Gasteiger partial charge in [-0.15, -0.1) is 0 Å². The summed E-state index contributed by atoms with van der Waals surface area (Å²) in [4.78, 5) is 25.5. The number of hydrogen-bond acceptors (Lipinski definition) is 2. The van der Waals surface area contributed by atoms with Crippen LogP contribution in [0.1, 0.15) is 18.1 Å². The lowest BCUT2D eigenvalue weighted by Crippen LogP contribution is -2.41. The molecule has 4 nitrogen and oxygen atoms in total. The predicted molar refractivity (Wildman–Crippen MR) is 79.1 cm³/mol. The van der Waals surface area contributed by atoms with E-state index in [4.69, 9.17) is 0 Å². The molecule has 1 atom stereocenters. The van der Waals surface area contributed by atoms with Crippen molar-refractivity contribution in [3.05, 3.63) is 70.8 Å². The van der Waals surface area contributed by atoms with Gasteiger partial charge in [0.1, 0.15) is 5.54 Å². The van der Waals surface area contributed by atoms with Gasteiger partial charge in [-0.1, -0.05) is 18.2 Å². The van der Waals surface area contributed by atoms with Crippen molar-refractivity contribution in [2.24, 2.45) is 0 Å². The van der Waals surface area contributed by atoms with Crippen molar-refractivity contribution in [1.82, 2.24) is 10.2 Å². The van der Waals surface area contributed by atoms with Crippen LogP contribution in [0.2, 0.25) is 0 Å². The van der Waals surface area contributed by atoms with Gasteiger partial charge in [0.05, 0.1) is 6.54 Å². The molecule has 0 saturated carbocycles. The van der Waals surface area contributed by atoms with Crippen LogP contribution in [0.4, 0.5) is 22.4 Å².